The van der Waals surface area contributed by atoms with Gasteiger partial charge in [-0.05, 0) is 25.8 Å². The summed E-state index contributed by atoms with van der Waals surface area (Å²) in [4.78, 5) is 0. The number of hydrogen-bond acceptors (Lipinski definition) is 3. The molecule has 0 aromatic rings. The van der Waals surface area contributed by atoms with E-state index in [1.54, 1.807) is 7.11 Å². The Balaban J connectivity index is 3.41. The van der Waals surface area contributed by atoms with Crippen LogP contribution in [0.5, 0.6) is 0 Å². The average molecular weight is 189 g/mol. The summed E-state index contributed by atoms with van der Waals surface area (Å²) in [6.45, 7) is 8.23. The molecule has 0 bridgehead atoms. The Labute approximate surface area is 81.5 Å². The Morgan fingerprint density at radius 3 is 2.54 bits per heavy atom. The van der Waals surface area contributed by atoms with Crippen molar-refractivity contribution in [3.05, 3.63) is 0 Å². The minimum atomic E-state index is -0.604. The summed E-state index contributed by atoms with van der Waals surface area (Å²) in [5, 5.41) is 13.1. The fourth-order valence-corrected chi connectivity index (χ4v) is 0.887. The summed E-state index contributed by atoms with van der Waals surface area (Å²) in [7, 11) is 1.70. The Bertz CT molecular complexity index is 124. The zero-order chi connectivity index (χ0) is 10.3. The van der Waals surface area contributed by atoms with E-state index >= 15 is 0 Å². The standard InChI is InChI=1S/C10H23NO2/c1-9(2)10(3,12)8-11-6-5-7-13-4/h9,11-12H,5-8H2,1-4H3. The zero-order valence-corrected chi connectivity index (χ0v) is 9.26. The van der Waals surface area contributed by atoms with Gasteiger partial charge in [0.05, 0.1) is 5.60 Å². The monoisotopic (exact) mass is 189 g/mol. The smallest absolute Gasteiger partial charge is 0.0766 e. The number of nitrogens with one attached hydrogen (secondary N) is 1. The van der Waals surface area contributed by atoms with Gasteiger partial charge >= 0.3 is 0 Å². The molecular formula is C10H23NO2. The number of ether oxygens (including phenoxy) is 1. The molecule has 1 unspecified atom stereocenters. The van der Waals surface area contributed by atoms with Gasteiger partial charge in [0.25, 0.3) is 0 Å². The van der Waals surface area contributed by atoms with E-state index in [1.807, 2.05) is 20.8 Å². The van der Waals surface area contributed by atoms with Crippen molar-refractivity contribution >= 4 is 0 Å². The van der Waals surface area contributed by atoms with Gasteiger partial charge in [0, 0.05) is 20.3 Å². The fourth-order valence-electron chi connectivity index (χ4n) is 0.887. The highest BCUT2D eigenvalue weighted by Crippen LogP contribution is 2.14. The molecule has 1 atom stereocenters. The maximum Gasteiger partial charge on any atom is 0.0766 e. The molecule has 80 valence electrons. The third-order valence-electron chi connectivity index (χ3n) is 2.43. The Morgan fingerprint density at radius 1 is 1.46 bits per heavy atom. The number of methoxy groups -OCH3 is 1. The quantitative estimate of drug-likeness (QED) is 0.588. The number of aliphatic hydroxyl groups is 1. The van der Waals surface area contributed by atoms with Crippen LogP contribution in [0.2, 0.25) is 0 Å². The molecule has 0 fully saturated rings. The maximum absolute atomic E-state index is 9.85. The van der Waals surface area contributed by atoms with Gasteiger partial charge in [-0.2, -0.15) is 0 Å². The van der Waals surface area contributed by atoms with E-state index in [0.717, 1.165) is 19.6 Å². The normalized spacial score (nSPS) is 16.2. The van der Waals surface area contributed by atoms with Crippen molar-refractivity contribution in [2.75, 3.05) is 26.8 Å². The zero-order valence-electron chi connectivity index (χ0n) is 9.26. The summed E-state index contributed by atoms with van der Waals surface area (Å²) in [6, 6.07) is 0. The lowest BCUT2D eigenvalue weighted by atomic mass is 9.92. The first-order chi connectivity index (χ1) is 6.00. The molecule has 3 nitrogen and oxygen atoms in total. The predicted octanol–water partition coefficient (Wildman–Crippen LogP) is 1.02. The van der Waals surface area contributed by atoms with Gasteiger partial charge in [-0.1, -0.05) is 13.8 Å². The van der Waals surface area contributed by atoms with E-state index in [9.17, 15) is 5.11 Å². The second kappa shape index (κ2) is 6.35. The lowest BCUT2D eigenvalue weighted by Gasteiger charge is -2.27. The van der Waals surface area contributed by atoms with Crippen molar-refractivity contribution in [2.45, 2.75) is 32.8 Å². The van der Waals surface area contributed by atoms with Crippen molar-refractivity contribution in [1.29, 1.82) is 0 Å². The second-order valence-electron chi connectivity index (χ2n) is 4.04. The summed E-state index contributed by atoms with van der Waals surface area (Å²) in [5.41, 5.74) is -0.604. The Hall–Kier alpha value is -0.120. The molecule has 3 heteroatoms. The molecule has 0 aliphatic heterocycles. The van der Waals surface area contributed by atoms with Crippen molar-refractivity contribution in [2.24, 2.45) is 5.92 Å². The van der Waals surface area contributed by atoms with Gasteiger partial charge in [0.1, 0.15) is 0 Å². The van der Waals surface area contributed by atoms with Crippen LogP contribution in [0.3, 0.4) is 0 Å². The SMILES string of the molecule is COCCCNCC(C)(O)C(C)C. The van der Waals surface area contributed by atoms with Crippen LogP contribution in [-0.2, 0) is 4.74 Å². The number of rotatable bonds is 7. The molecule has 0 aliphatic rings. The molecule has 0 spiro atoms. The molecule has 0 radical (unpaired) electrons. The third kappa shape index (κ3) is 6.02. The van der Waals surface area contributed by atoms with Gasteiger partial charge in [-0.25, -0.2) is 0 Å². The van der Waals surface area contributed by atoms with Gasteiger partial charge in [0.15, 0.2) is 0 Å². The summed E-state index contributed by atoms with van der Waals surface area (Å²) in [5.74, 6) is 0.280. The maximum atomic E-state index is 9.85. The summed E-state index contributed by atoms with van der Waals surface area (Å²) < 4.78 is 4.92. The van der Waals surface area contributed by atoms with Crippen molar-refractivity contribution in [3.8, 4) is 0 Å². The van der Waals surface area contributed by atoms with Crippen molar-refractivity contribution in [1.82, 2.24) is 5.32 Å². The van der Waals surface area contributed by atoms with Crippen LogP contribution < -0.4 is 5.32 Å². The molecule has 0 amide bonds. The Morgan fingerprint density at radius 2 is 2.08 bits per heavy atom. The first-order valence-corrected chi connectivity index (χ1v) is 4.92. The highest BCUT2D eigenvalue weighted by atomic mass is 16.5. The first kappa shape index (κ1) is 12.9. The molecule has 0 saturated carbocycles. The van der Waals surface area contributed by atoms with E-state index in [1.165, 1.54) is 0 Å². The molecule has 0 heterocycles. The van der Waals surface area contributed by atoms with Gasteiger partial charge in [-0.15, -0.1) is 0 Å². The average Bonchev–Trinajstić information content (AvgIpc) is 2.03. The van der Waals surface area contributed by atoms with Crippen LogP contribution >= 0.6 is 0 Å². The van der Waals surface area contributed by atoms with E-state index in [-0.39, 0.29) is 5.92 Å². The minimum Gasteiger partial charge on any atom is -0.389 e. The summed E-state index contributed by atoms with van der Waals surface area (Å²) in [6.07, 6.45) is 0.991. The van der Waals surface area contributed by atoms with Crippen LogP contribution in [0.1, 0.15) is 27.2 Å². The number of hydrogen-bond donors (Lipinski definition) is 2. The highest BCUT2D eigenvalue weighted by Gasteiger charge is 2.23. The van der Waals surface area contributed by atoms with Crippen molar-refractivity contribution < 1.29 is 9.84 Å². The largest absolute Gasteiger partial charge is 0.389 e. The molecule has 0 rings (SSSR count). The predicted molar refractivity (Wildman–Crippen MR) is 54.8 cm³/mol. The van der Waals surface area contributed by atoms with Crippen LogP contribution in [0, 0.1) is 5.92 Å². The van der Waals surface area contributed by atoms with Crippen LogP contribution in [0.25, 0.3) is 0 Å². The van der Waals surface area contributed by atoms with Crippen molar-refractivity contribution in [3.63, 3.8) is 0 Å². The topological polar surface area (TPSA) is 41.5 Å². The third-order valence-corrected chi connectivity index (χ3v) is 2.43. The van der Waals surface area contributed by atoms with E-state index in [4.69, 9.17) is 4.74 Å². The van der Waals surface area contributed by atoms with Gasteiger partial charge in [0.2, 0.25) is 0 Å². The van der Waals surface area contributed by atoms with E-state index in [0.29, 0.717) is 6.54 Å². The van der Waals surface area contributed by atoms with Crippen LogP contribution in [0.15, 0.2) is 0 Å². The highest BCUT2D eigenvalue weighted by molar-refractivity contribution is 4.78. The van der Waals surface area contributed by atoms with Gasteiger partial charge < -0.3 is 15.2 Å². The molecule has 13 heavy (non-hydrogen) atoms. The summed E-state index contributed by atoms with van der Waals surface area (Å²) >= 11 is 0. The van der Waals surface area contributed by atoms with Crippen LogP contribution in [-0.4, -0.2) is 37.5 Å². The molecule has 0 aliphatic carbocycles. The second-order valence-corrected chi connectivity index (χ2v) is 4.04. The first-order valence-electron chi connectivity index (χ1n) is 4.92. The lowest BCUT2D eigenvalue weighted by Crippen LogP contribution is -2.42. The molecule has 0 saturated heterocycles. The molecule has 0 aromatic heterocycles. The van der Waals surface area contributed by atoms with Crippen LogP contribution in [0.4, 0.5) is 0 Å². The molecular weight excluding hydrogens is 166 g/mol. The van der Waals surface area contributed by atoms with E-state index < -0.39 is 5.60 Å². The molecule has 2 N–H and O–H groups in total. The van der Waals surface area contributed by atoms with Gasteiger partial charge in [-0.3, -0.25) is 0 Å². The lowest BCUT2D eigenvalue weighted by molar-refractivity contribution is 0.0140. The molecule has 0 aromatic carbocycles. The minimum absolute atomic E-state index is 0.280. The fraction of sp³-hybridized carbons (Fsp3) is 1.00. The Kier molecular flexibility index (Phi) is 6.29. The van der Waals surface area contributed by atoms with E-state index in [2.05, 4.69) is 5.32 Å².